The number of benzene rings is 1. The van der Waals surface area contributed by atoms with E-state index in [2.05, 4.69) is 12.2 Å². The number of rotatable bonds is 3. The van der Waals surface area contributed by atoms with E-state index in [1.54, 1.807) is 6.07 Å². The highest BCUT2D eigenvalue weighted by atomic mass is 35.5. The fourth-order valence-electron chi connectivity index (χ4n) is 2.57. The molecule has 1 saturated carbocycles. The van der Waals surface area contributed by atoms with Crippen molar-refractivity contribution in [2.45, 2.75) is 38.6 Å². The molecule has 0 aromatic heterocycles. The second-order valence-corrected chi connectivity index (χ2v) is 5.38. The van der Waals surface area contributed by atoms with Gasteiger partial charge in [-0.3, -0.25) is 0 Å². The Hall–Kier alpha value is -0.400. The lowest BCUT2D eigenvalue weighted by Crippen LogP contribution is -2.23. The van der Waals surface area contributed by atoms with Crippen molar-refractivity contribution in [3.8, 4) is 0 Å². The van der Waals surface area contributed by atoms with Crippen molar-refractivity contribution in [2.75, 3.05) is 5.32 Å². The molecular weight excluding hydrogens is 241 g/mol. The molecule has 1 aromatic rings. The van der Waals surface area contributed by atoms with Gasteiger partial charge < -0.3 is 5.32 Å². The summed E-state index contributed by atoms with van der Waals surface area (Å²) in [6.07, 6.45) is 5.15. The molecule has 1 aliphatic carbocycles. The molecule has 3 heteroatoms. The van der Waals surface area contributed by atoms with Gasteiger partial charge in [0.15, 0.2) is 0 Å². The molecule has 0 heterocycles. The summed E-state index contributed by atoms with van der Waals surface area (Å²) in [6, 6.07) is 6.23. The van der Waals surface area contributed by atoms with E-state index in [0.29, 0.717) is 16.1 Å². The quantitative estimate of drug-likeness (QED) is 0.805. The first-order valence-corrected chi connectivity index (χ1v) is 6.67. The number of hydrogen-bond acceptors (Lipinski definition) is 1. The summed E-state index contributed by atoms with van der Waals surface area (Å²) in [5, 5.41) is 4.95. The fourth-order valence-corrected chi connectivity index (χ4v) is 3.09. The minimum absolute atomic E-state index is 0.583. The van der Waals surface area contributed by atoms with Crippen molar-refractivity contribution >= 4 is 28.9 Å². The van der Waals surface area contributed by atoms with Crippen LogP contribution in [0.5, 0.6) is 0 Å². The molecule has 0 spiro atoms. The number of nitrogens with one attached hydrogen (secondary N) is 1. The summed E-state index contributed by atoms with van der Waals surface area (Å²) in [4.78, 5) is 0. The van der Waals surface area contributed by atoms with E-state index in [9.17, 15) is 0 Å². The zero-order chi connectivity index (χ0) is 11.5. The van der Waals surface area contributed by atoms with Crippen LogP contribution in [0, 0.1) is 5.92 Å². The number of halogens is 2. The molecule has 2 unspecified atom stereocenters. The molecule has 1 N–H and O–H groups in total. The molecule has 1 aromatic carbocycles. The minimum Gasteiger partial charge on any atom is -0.382 e. The van der Waals surface area contributed by atoms with Crippen molar-refractivity contribution in [1.82, 2.24) is 0 Å². The maximum atomic E-state index is 5.98. The maximum Gasteiger partial charge on any atom is 0.0441 e. The lowest BCUT2D eigenvalue weighted by Gasteiger charge is -2.21. The normalized spacial score (nSPS) is 24.7. The van der Waals surface area contributed by atoms with Crippen LogP contribution in [-0.2, 0) is 0 Å². The average molecular weight is 258 g/mol. The molecule has 1 nitrogen and oxygen atoms in total. The molecule has 2 rings (SSSR count). The van der Waals surface area contributed by atoms with Gasteiger partial charge >= 0.3 is 0 Å². The molecular formula is C13H17Cl2N. The Morgan fingerprint density at radius 2 is 1.88 bits per heavy atom. The minimum atomic E-state index is 0.583. The first-order valence-electron chi connectivity index (χ1n) is 5.91. The molecule has 88 valence electrons. The van der Waals surface area contributed by atoms with Crippen molar-refractivity contribution in [1.29, 1.82) is 0 Å². The predicted octanol–water partition coefficient (Wildman–Crippen LogP) is 4.98. The van der Waals surface area contributed by atoms with Gasteiger partial charge in [-0.05, 0) is 37.0 Å². The van der Waals surface area contributed by atoms with E-state index >= 15 is 0 Å². The molecule has 0 aliphatic heterocycles. The molecule has 16 heavy (non-hydrogen) atoms. The lowest BCUT2D eigenvalue weighted by atomic mass is 10.0. The number of hydrogen-bond donors (Lipinski definition) is 1. The van der Waals surface area contributed by atoms with Crippen molar-refractivity contribution in [2.24, 2.45) is 5.92 Å². The Morgan fingerprint density at radius 3 is 2.50 bits per heavy atom. The van der Waals surface area contributed by atoms with Gasteiger partial charge in [0.25, 0.3) is 0 Å². The molecule has 0 radical (unpaired) electrons. The second kappa shape index (κ2) is 5.29. The standard InChI is InChI=1S/C13H17Cl2N/c1-2-9-4-3-5-13(9)16-12-7-10(14)6-11(15)8-12/h6-9,13,16H,2-5H2,1H3. The Balaban J connectivity index is 2.08. The third-order valence-corrected chi connectivity index (χ3v) is 3.83. The maximum absolute atomic E-state index is 5.98. The Bertz CT molecular complexity index is 345. The monoisotopic (exact) mass is 257 g/mol. The third kappa shape index (κ3) is 2.83. The Labute approximate surface area is 107 Å². The van der Waals surface area contributed by atoms with Crippen LogP contribution in [-0.4, -0.2) is 6.04 Å². The van der Waals surface area contributed by atoms with E-state index in [1.807, 2.05) is 12.1 Å². The topological polar surface area (TPSA) is 12.0 Å². The largest absolute Gasteiger partial charge is 0.382 e. The predicted molar refractivity (Wildman–Crippen MR) is 71.5 cm³/mol. The van der Waals surface area contributed by atoms with E-state index in [-0.39, 0.29) is 0 Å². The van der Waals surface area contributed by atoms with Crippen LogP contribution in [0.1, 0.15) is 32.6 Å². The van der Waals surface area contributed by atoms with Gasteiger partial charge in [-0.2, -0.15) is 0 Å². The van der Waals surface area contributed by atoms with Crippen molar-refractivity contribution < 1.29 is 0 Å². The SMILES string of the molecule is CCC1CCCC1Nc1cc(Cl)cc(Cl)c1. The summed E-state index contributed by atoms with van der Waals surface area (Å²) < 4.78 is 0. The molecule has 2 atom stereocenters. The van der Waals surface area contributed by atoms with Gasteiger partial charge in [0.05, 0.1) is 0 Å². The van der Waals surface area contributed by atoms with Crippen LogP contribution in [0.15, 0.2) is 18.2 Å². The molecule has 1 fully saturated rings. The Kier molecular flexibility index (Phi) is 3.99. The molecule has 0 bridgehead atoms. The van der Waals surface area contributed by atoms with Crippen LogP contribution < -0.4 is 5.32 Å². The third-order valence-electron chi connectivity index (χ3n) is 3.40. The lowest BCUT2D eigenvalue weighted by molar-refractivity contribution is 0.489. The fraction of sp³-hybridized carbons (Fsp3) is 0.538. The summed E-state index contributed by atoms with van der Waals surface area (Å²) in [7, 11) is 0. The van der Waals surface area contributed by atoms with Crippen molar-refractivity contribution in [3.05, 3.63) is 28.2 Å². The van der Waals surface area contributed by atoms with Gasteiger partial charge in [0.2, 0.25) is 0 Å². The van der Waals surface area contributed by atoms with Crippen LogP contribution in [0.25, 0.3) is 0 Å². The molecule has 1 aliphatic rings. The first-order chi connectivity index (χ1) is 7.69. The zero-order valence-corrected chi connectivity index (χ0v) is 11.0. The van der Waals surface area contributed by atoms with E-state index in [4.69, 9.17) is 23.2 Å². The summed E-state index contributed by atoms with van der Waals surface area (Å²) >= 11 is 12.0. The highest BCUT2D eigenvalue weighted by Gasteiger charge is 2.25. The summed E-state index contributed by atoms with van der Waals surface area (Å²) in [6.45, 7) is 2.26. The Morgan fingerprint density at radius 1 is 1.19 bits per heavy atom. The van der Waals surface area contributed by atoms with E-state index in [0.717, 1.165) is 11.6 Å². The number of anilines is 1. The molecule has 0 saturated heterocycles. The highest BCUT2D eigenvalue weighted by Crippen LogP contribution is 2.32. The summed E-state index contributed by atoms with van der Waals surface area (Å²) in [5.74, 6) is 0.790. The van der Waals surface area contributed by atoms with Gasteiger partial charge in [0.1, 0.15) is 0 Å². The van der Waals surface area contributed by atoms with Crippen LogP contribution in [0.4, 0.5) is 5.69 Å². The average Bonchev–Trinajstić information content (AvgIpc) is 2.63. The van der Waals surface area contributed by atoms with E-state index in [1.165, 1.54) is 25.7 Å². The van der Waals surface area contributed by atoms with Gasteiger partial charge in [-0.1, -0.05) is 43.0 Å². The van der Waals surface area contributed by atoms with E-state index < -0.39 is 0 Å². The second-order valence-electron chi connectivity index (χ2n) is 4.51. The van der Waals surface area contributed by atoms with Crippen molar-refractivity contribution in [3.63, 3.8) is 0 Å². The summed E-state index contributed by atoms with van der Waals surface area (Å²) in [5.41, 5.74) is 1.04. The smallest absolute Gasteiger partial charge is 0.0441 e. The van der Waals surface area contributed by atoms with Crippen LogP contribution in [0.2, 0.25) is 10.0 Å². The van der Waals surface area contributed by atoms with Crippen LogP contribution in [0.3, 0.4) is 0 Å². The molecule has 0 amide bonds. The first kappa shape index (κ1) is 12.1. The van der Waals surface area contributed by atoms with Gasteiger partial charge in [-0.25, -0.2) is 0 Å². The van der Waals surface area contributed by atoms with Gasteiger partial charge in [0, 0.05) is 21.8 Å². The van der Waals surface area contributed by atoms with Gasteiger partial charge in [-0.15, -0.1) is 0 Å². The zero-order valence-electron chi connectivity index (χ0n) is 9.47. The highest BCUT2D eigenvalue weighted by molar-refractivity contribution is 6.35. The van der Waals surface area contributed by atoms with Crippen LogP contribution >= 0.6 is 23.2 Å².